The van der Waals surface area contributed by atoms with Gasteiger partial charge in [0.15, 0.2) is 11.5 Å². The molecule has 2 aliphatic carbocycles. The van der Waals surface area contributed by atoms with E-state index in [9.17, 15) is 14.7 Å². The minimum atomic E-state index is -0.833. The van der Waals surface area contributed by atoms with E-state index in [1.807, 2.05) is 6.07 Å². The lowest BCUT2D eigenvalue weighted by Gasteiger charge is -2.58. The molecule has 1 aromatic carbocycles. The number of ether oxygens (including phenoxy) is 3. The fourth-order valence-electron chi connectivity index (χ4n) is 6.68. The number of aliphatic carboxylic acids is 1. The predicted octanol–water partition coefficient (Wildman–Crippen LogP) is 2.80. The minimum Gasteiger partial charge on any atom is -0.504 e. The number of aromatic hydroxyl groups is 1. The van der Waals surface area contributed by atoms with Crippen LogP contribution in [-0.2, 0) is 35.7 Å². The van der Waals surface area contributed by atoms with Crippen molar-refractivity contribution in [3.8, 4) is 11.5 Å². The second-order valence-corrected chi connectivity index (χ2v) is 10.0. The molecule has 1 saturated carbocycles. The largest absolute Gasteiger partial charge is 0.504 e. The molecule has 2 heterocycles. The highest BCUT2D eigenvalue weighted by Gasteiger charge is 2.66. The summed E-state index contributed by atoms with van der Waals surface area (Å²) in [6.45, 7) is 2.06. The Morgan fingerprint density at radius 1 is 1.17 bits per heavy atom. The lowest BCUT2D eigenvalue weighted by atomic mass is 9.51. The number of phenolic OH excluding ortho intramolecular Hbond substituents is 1. The maximum absolute atomic E-state index is 12.6. The molecule has 1 spiro atoms. The quantitative estimate of drug-likeness (QED) is 0.459. The van der Waals surface area contributed by atoms with E-state index in [1.165, 1.54) is 18.2 Å². The van der Waals surface area contributed by atoms with Crippen molar-refractivity contribution >= 4 is 17.9 Å². The van der Waals surface area contributed by atoms with Crippen LogP contribution >= 0.6 is 0 Å². The summed E-state index contributed by atoms with van der Waals surface area (Å²) in [7, 11) is 3.57. The summed E-state index contributed by atoms with van der Waals surface area (Å²) in [4.78, 5) is 35.3. The van der Waals surface area contributed by atoms with Crippen LogP contribution in [0, 0.1) is 5.92 Å². The number of carbonyl (C=O) groups is 3. The highest BCUT2D eigenvalue weighted by Crippen LogP contribution is 2.63. The smallest absolute Gasteiger partial charge is 0.306 e. The van der Waals surface area contributed by atoms with Crippen LogP contribution in [-0.4, -0.2) is 72.0 Å². The molecule has 0 unspecified atom stereocenters. The number of phenols is 1. The van der Waals surface area contributed by atoms with Gasteiger partial charge in [0, 0.05) is 36.8 Å². The van der Waals surface area contributed by atoms with Crippen molar-refractivity contribution in [3.63, 3.8) is 0 Å². The van der Waals surface area contributed by atoms with E-state index in [0.29, 0.717) is 37.0 Å². The zero-order valence-electron chi connectivity index (χ0n) is 20.6. The van der Waals surface area contributed by atoms with E-state index < -0.39 is 5.97 Å². The third-order valence-electron chi connectivity index (χ3n) is 8.06. The number of nitrogens with zero attached hydrogens (tertiary/aromatic N) is 1. The molecule has 1 saturated heterocycles. The standard InChI is InChI=1S/C24H31NO6.C2H4O2/c1-25-12-11-24-15-8-10-18(30-20(28)6-4-3-5-19(27)29-2)23(24)31-22-17(26)9-7-14(21(22)24)13-16(15)25;1-2(3)4/h7,9,15-16,18,23,26H,3-6,8,10-13H2,1-2H3;1H3,(H,3,4)/t15-,16+,18-,23-,24-;/m0./s1. The van der Waals surface area contributed by atoms with Crippen LogP contribution in [0.2, 0.25) is 0 Å². The molecule has 2 aliphatic heterocycles. The number of likely N-dealkylation sites (tertiary alicyclic amines) is 1. The van der Waals surface area contributed by atoms with E-state index in [1.54, 1.807) is 6.07 Å². The summed E-state index contributed by atoms with van der Waals surface area (Å²) >= 11 is 0. The lowest BCUT2D eigenvalue weighted by Crippen LogP contribution is -2.66. The fourth-order valence-corrected chi connectivity index (χ4v) is 6.68. The van der Waals surface area contributed by atoms with Gasteiger partial charge in [-0.3, -0.25) is 14.4 Å². The molecule has 2 N–H and O–H groups in total. The van der Waals surface area contributed by atoms with Gasteiger partial charge in [0.25, 0.3) is 5.97 Å². The first-order chi connectivity index (χ1) is 16.7. The third-order valence-corrected chi connectivity index (χ3v) is 8.06. The Morgan fingerprint density at radius 3 is 2.54 bits per heavy atom. The van der Waals surface area contributed by atoms with Crippen LogP contribution in [0.25, 0.3) is 0 Å². The number of carbonyl (C=O) groups excluding carboxylic acids is 2. The molecule has 0 amide bonds. The third kappa shape index (κ3) is 4.58. The van der Waals surface area contributed by atoms with Gasteiger partial charge in [0.2, 0.25) is 0 Å². The first kappa shape index (κ1) is 25.3. The number of esters is 2. The number of hydrogen-bond donors (Lipinski definition) is 2. The molecule has 4 aliphatic rings. The Morgan fingerprint density at radius 2 is 1.86 bits per heavy atom. The van der Waals surface area contributed by atoms with Gasteiger partial charge in [-0.25, -0.2) is 0 Å². The first-order valence-corrected chi connectivity index (χ1v) is 12.4. The molecule has 192 valence electrons. The molecule has 5 atom stereocenters. The second kappa shape index (κ2) is 10.0. The van der Waals surface area contributed by atoms with Crippen LogP contribution in [0.3, 0.4) is 0 Å². The normalized spacial score (nSPS) is 29.7. The Balaban J connectivity index is 0.000000672. The number of piperidine rings is 1. The summed E-state index contributed by atoms with van der Waals surface area (Å²) in [6, 6.07) is 4.24. The van der Waals surface area contributed by atoms with Crippen molar-refractivity contribution < 1.29 is 38.8 Å². The molecule has 1 aromatic rings. The van der Waals surface area contributed by atoms with Crippen LogP contribution in [0.15, 0.2) is 12.1 Å². The summed E-state index contributed by atoms with van der Waals surface area (Å²) in [5.74, 6) is -0.0912. The monoisotopic (exact) mass is 489 g/mol. The van der Waals surface area contributed by atoms with Crippen molar-refractivity contribution in [1.29, 1.82) is 0 Å². The molecular weight excluding hydrogens is 454 g/mol. The number of rotatable bonds is 6. The summed E-state index contributed by atoms with van der Waals surface area (Å²) < 4.78 is 17.0. The molecule has 2 fully saturated rings. The Bertz CT molecular complexity index is 990. The maximum atomic E-state index is 12.6. The minimum absolute atomic E-state index is 0.187. The van der Waals surface area contributed by atoms with E-state index in [4.69, 9.17) is 19.4 Å². The van der Waals surface area contributed by atoms with Gasteiger partial charge in [0.05, 0.1) is 7.11 Å². The lowest BCUT2D eigenvalue weighted by molar-refractivity contribution is -0.166. The topological polar surface area (TPSA) is 123 Å². The Labute approximate surface area is 205 Å². The van der Waals surface area contributed by atoms with E-state index >= 15 is 0 Å². The SMILES string of the molecule is CC(=O)O.COC(=O)CCCCC(=O)O[C@H]1CC[C@H]2[C@H]3Cc4ccc(O)c5c4[C@@]2(CCN3C)[C@H]1O5. The number of hydrogen-bond acceptors (Lipinski definition) is 8. The number of unbranched alkanes of at least 4 members (excludes halogenated alkanes) is 1. The van der Waals surface area contributed by atoms with Gasteiger partial charge in [-0.1, -0.05) is 6.07 Å². The molecule has 2 bridgehead atoms. The van der Waals surface area contributed by atoms with Crippen LogP contribution in [0.4, 0.5) is 0 Å². The number of likely N-dealkylation sites (N-methyl/N-ethyl adjacent to an activating group) is 1. The second-order valence-electron chi connectivity index (χ2n) is 10.0. The molecule has 35 heavy (non-hydrogen) atoms. The van der Waals surface area contributed by atoms with Gasteiger partial charge in [-0.15, -0.1) is 0 Å². The van der Waals surface area contributed by atoms with Crippen molar-refractivity contribution in [2.45, 2.75) is 82.0 Å². The van der Waals surface area contributed by atoms with Crippen molar-refractivity contribution in [2.24, 2.45) is 5.92 Å². The predicted molar refractivity (Wildman–Crippen MR) is 125 cm³/mol. The first-order valence-electron chi connectivity index (χ1n) is 12.4. The van der Waals surface area contributed by atoms with Crippen molar-refractivity contribution in [1.82, 2.24) is 4.90 Å². The van der Waals surface area contributed by atoms with E-state index in [-0.39, 0.29) is 41.7 Å². The zero-order chi connectivity index (χ0) is 25.3. The molecule has 5 rings (SSSR count). The van der Waals surface area contributed by atoms with Crippen LogP contribution in [0.1, 0.15) is 63.0 Å². The Hall–Kier alpha value is -2.81. The van der Waals surface area contributed by atoms with E-state index in [0.717, 1.165) is 39.2 Å². The highest BCUT2D eigenvalue weighted by molar-refractivity contribution is 5.71. The van der Waals surface area contributed by atoms with E-state index in [2.05, 4.69) is 16.7 Å². The van der Waals surface area contributed by atoms with Crippen molar-refractivity contribution in [2.75, 3.05) is 20.7 Å². The summed E-state index contributed by atoms with van der Waals surface area (Å²) in [5, 5.41) is 18.0. The molecular formula is C26H35NO8. The van der Waals surface area contributed by atoms with Crippen LogP contribution in [0.5, 0.6) is 11.5 Å². The van der Waals surface area contributed by atoms with Gasteiger partial charge >= 0.3 is 11.9 Å². The van der Waals surface area contributed by atoms with Crippen LogP contribution < -0.4 is 4.74 Å². The van der Waals surface area contributed by atoms with Crippen molar-refractivity contribution in [3.05, 3.63) is 23.3 Å². The maximum Gasteiger partial charge on any atom is 0.306 e. The van der Waals surface area contributed by atoms with Gasteiger partial charge in [-0.2, -0.15) is 0 Å². The molecule has 0 radical (unpaired) electrons. The number of methoxy groups -OCH3 is 1. The molecule has 0 aromatic heterocycles. The highest BCUT2D eigenvalue weighted by atomic mass is 16.6. The average molecular weight is 490 g/mol. The summed E-state index contributed by atoms with van der Waals surface area (Å²) in [5.41, 5.74) is 2.25. The molecule has 9 heteroatoms. The fraction of sp³-hybridized carbons (Fsp3) is 0.654. The summed E-state index contributed by atoms with van der Waals surface area (Å²) in [6.07, 6.45) is 4.94. The zero-order valence-corrected chi connectivity index (χ0v) is 20.6. The molecule has 9 nitrogen and oxygen atoms in total. The number of carboxylic acid groups (broad SMARTS) is 1. The average Bonchev–Trinajstić information content (AvgIpc) is 3.17. The van der Waals surface area contributed by atoms with Gasteiger partial charge in [-0.05, 0) is 69.7 Å². The van der Waals surface area contributed by atoms with Gasteiger partial charge < -0.3 is 29.3 Å². The number of benzene rings is 1. The van der Waals surface area contributed by atoms with Gasteiger partial charge in [0.1, 0.15) is 12.2 Å². The Kier molecular flexibility index (Phi) is 7.26. The number of carboxylic acids is 1.